The minimum absolute atomic E-state index is 0.386. The molecule has 1 aliphatic rings. The van der Waals surface area contributed by atoms with Gasteiger partial charge in [0.1, 0.15) is 18.1 Å². The largest absolute Gasteiger partial charge is 0.496 e. The van der Waals surface area contributed by atoms with Crippen molar-refractivity contribution in [2.75, 3.05) is 13.7 Å². The van der Waals surface area contributed by atoms with E-state index < -0.39 is 0 Å². The monoisotopic (exact) mass is 269 g/mol. The van der Waals surface area contributed by atoms with Crippen molar-refractivity contribution in [3.05, 3.63) is 59.7 Å². The van der Waals surface area contributed by atoms with Gasteiger partial charge in [0.25, 0.3) is 0 Å². The highest BCUT2D eigenvalue weighted by molar-refractivity contribution is 5.39. The van der Waals surface area contributed by atoms with E-state index in [2.05, 4.69) is 12.1 Å². The molecule has 0 aromatic heterocycles. The molecule has 104 valence electrons. The Kier molecular flexibility index (Phi) is 3.36. The van der Waals surface area contributed by atoms with Gasteiger partial charge in [-0.25, -0.2) is 0 Å². The zero-order chi connectivity index (χ0) is 14.0. The topological polar surface area (TPSA) is 44.5 Å². The van der Waals surface area contributed by atoms with Crippen LogP contribution in [0.3, 0.4) is 0 Å². The van der Waals surface area contributed by atoms with Gasteiger partial charge in [0.15, 0.2) is 0 Å². The zero-order valence-corrected chi connectivity index (χ0v) is 11.6. The van der Waals surface area contributed by atoms with Crippen LogP contribution in [-0.4, -0.2) is 19.3 Å². The molecule has 0 spiro atoms. The minimum atomic E-state index is -0.386. The van der Waals surface area contributed by atoms with E-state index in [0.29, 0.717) is 6.61 Å². The summed E-state index contributed by atoms with van der Waals surface area (Å²) in [5.41, 5.74) is 8.47. The first-order valence-electron chi connectivity index (χ1n) is 6.82. The van der Waals surface area contributed by atoms with Crippen LogP contribution < -0.4 is 15.2 Å². The van der Waals surface area contributed by atoms with Crippen molar-refractivity contribution in [3.63, 3.8) is 0 Å². The van der Waals surface area contributed by atoms with E-state index in [1.165, 1.54) is 5.56 Å². The second-order valence-electron chi connectivity index (χ2n) is 5.42. The van der Waals surface area contributed by atoms with Gasteiger partial charge in [-0.3, -0.25) is 0 Å². The van der Waals surface area contributed by atoms with Gasteiger partial charge in [0.2, 0.25) is 0 Å². The number of benzene rings is 2. The van der Waals surface area contributed by atoms with E-state index in [0.717, 1.165) is 29.9 Å². The number of hydrogen-bond acceptors (Lipinski definition) is 3. The van der Waals surface area contributed by atoms with Crippen molar-refractivity contribution in [2.24, 2.45) is 5.73 Å². The lowest BCUT2D eigenvalue weighted by atomic mass is 9.84. The van der Waals surface area contributed by atoms with Gasteiger partial charge >= 0.3 is 0 Å². The predicted octanol–water partition coefficient (Wildman–Crippen LogP) is 2.57. The number of hydrogen-bond donors (Lipinski definition) is 1. The number of nitrogens with two attached hydrogens (primary N) is 1. The van der Waals surface area contributed by atoms with Crippen LogP contribution in [0.15, 0.2) is 48.5 Å². The summed E-state index contributed by atoms with van der Waals surface area (Å²) in [6.07, 6.45) is 1.56. The minimum Gasteiger partial charge on any atom is -0.496 e. The molecule has 20 heavy (non-hydrogen) atoms. The lowest BCUT2D eigenvalue weighted by Gasteiger charge is -2.35. The number of fused-ring (bicyclic) bond motifs is 1. The normalized spacial score (nSPS) is 20.9. The van der Waals surface area contributed by atoms with E-state index in [1.807, 2.05) is 36.4 Å². The fraction of sp³-hybridized carbons (Fsp3) is 0.294. The van der Waals surface area contributed by atoms with E-state index in [-0.39, 0.29) is 5.54 Å². The number of ether oxygens (including phenoxy) is 2. The molecular weight excluding hydrogens is 250 g/mol. The van der Waals surface area contributed by atoms with Gasteiger partial charge in [0.05, 0.1) is 12.6 Å². The molecule has 1 unspecified atom stereocenters. The van der Waals surface area contributed by atoms with Crippen molar-refractivity contribution in [3.8, 4) is 11.5 Å². The molecule has 0 saturated carbocycles. The fourth-order valence-electron chi connectivity index (χ4n) is 2.78. The molecule has 0 amide bonds. The summed E-state index contributed by atoms with van der Waals surface area (Å²) in [4.78, 5) is 0. The Bertz CT molecular complexity index is 611. The van der Waals surface area contributed by atoms with E-state index in [1.54, 1.807) is 7.11 Å². The summed E-state index contributed by atoms with van der Waals surface area (Å²) in [5, 5.41) is 0. The molecule has 2 N–H and O–H groups in total. The van der Waals surface area contributed by atoms with Gasteiger partial charge < -0.3 is 15.2 Å². The van der Waals surface area contributed by atoms with Gasteiger partial charge in [-0.15, -0.1) is 0 Å². The summed E-state index contributed by atoms with van der Waals surface area (Å²) in [6.45, 7) is 0.530. The molecule has 3 nitrogen and oxygen atoms in total. The summed E-state index contributed by atoms with van der Waals surface area (Å²) >= 11 is 0. The van der Waals surface area contributed by atoms with E-state index >= 15 is 0 Å². The second-order valence-corrected chi connectivity index (χ2v) is 5.42. The maximum Gasteiger partial charge on any atom is 0.122 e. The molecule has 1 atom stereocenters. The van der Waals surface area contributed by atoms with Crippen molar-refractivity contribution in [1.82, 2.24) is 0 Å². The Balaban J connectivity index is 1.84. The van der Waals surface area contributed by atoms with Crippen LogP contribution in [0.1, 0.15) is 11.1 Å². The Hall–Kier alpha value is -2.00. The maximum atomic E-state index is 6.55. The molecule has 1 heterocycles. The first-order valence-corrected chi connectivity index (χ1v) is 6.82. The third kappa shape index (κ3) is 2.49. The molecule has 1 aliphatic heterocycles. The molecule has 3 rings (SSSR count). The van der Waals surface area contributed by atoms with Crippen molar-refractivity contribution >= 4 is 0 Å². The van der Waals surface area contributed by atoms with Gasteiger partial charge in [-0.2, -0.15) is 0 Å². The molecule has 0 radical (unpaired) electrons. The molecule has 3 heteroatoms. The first-order chi connectivity index (χ1) is 9.70. The quantitative estimate of drug-likeness (QED) is 0.931. The summed E-state index contributed by atoms with van der Waals surface area (Å²) in [6, 6.07) is 16.1. The molecular formula is C17H19NO2. The SMILES string of the molecule is COc1ccccc1CC1(N)COc2ccccc2C1. The van der Waals surface area contributed by atoms with E-state index in [9.17, 15) is 0 Å². The third-order valence-corrected chi connectivity index (χ3v) is 3.77. The maximum absolute atomic E-state index is 6.55. The molecule has 0 bridgehead atoms. The Morgan fingerprint density at radius 2 is 1.90 bits per heavy atom. The summed E-state index contributed by atoms with van der Waals surface area (Å²) in [7, 11) is 1.69. The first kappa shape index (κ1) is 13.0. The molecule has 2 aromatic rings. The molecule has 2 aromatic carbocycles. The number of para-hydroxylation sites is 2. The Morgan fingerprint density at radius 1 is 1.15 bits per heavy atom. The third-order valence-electron chi connectivity index (χ3n) is 3.77. The summed E-state index contributed by atoms with van der Waals surface area (Å²) in [5.74, 6) is 1.84. The second kappa shape index (κ2) is 5.17. The Morgan fingerprint density at radius 3 is 2.75 bits per heavy atom. The zero-order valence-electron chi connectivity index (χ0n) is 11.6. The molecule has 0 aliphatic carbocycles. The smallest absolute Gasteiger partial charge is 0.122 e. The average molecular weight is 269 g/mol. The van der Waals surface area contributed by atoms with Gasteiger partial charge in [0, 0.05) is 0 Å². The molecule has 0 saturated heterocycles. The lowest BCUT2D eigenvalue weighted by molar-refractivity contribution is 0.189. The van der Waals surface area contributed by atoms with E-state index in [4.69, 9.17) is 15.2 Å². The summed E-state index contributed by atoms with van der Waals surface area (Å²) < 4.78 is 11.2. The number of methoxy groups -OCH3 is 1. The lowest BCUT2D eigenvalue weighted by Crippen LogP contribution is -2.51. The van der Waals surface area contributed by atoms with Crippen LogP contribution in [0.2, 0.25) is 0 Å². The highest BCUT2D eigenvalue weighted by atomic mass is 16.5. The standard InChI is InChI=1S/C17H19NO2/c1-19-15-8-4-2-6-13(15)10-17(18)11-14-7-3-5-9-16(14)20-12-17/h2-9H,10-12,18H2,1H3. The van der Waals surface area contributed by atoms with Crippen LogP contribution in [0.4, 0.5) is 0 Å². The Labute approximate surface area is 119 Å². The van der Waals surface area contributed by atoms with Crippen LogP contribution in [0.25, 0.3) is 0 Å². The van der Waals surface area contributed by atoms with Crippen LogP contribution in [0.5, 0.6) is 11.5 Å². The van der Waals surface area contributed by atoms with Gasteiger partial charge in [-0.05, 0) is 36.1 Å². The predicted molar refractivity (Wildman–Crippen MR) is 79.3 cm³/mol. The van der Waals surface area contributed by atoms with Gasteiger partial charge in [-0.1, -0.05) is 36.4 Å². The van der Waals surface area contributed by atoms with Crippen molar-refractivity contribution in [1.29, 1.82) is 0 Å². The average Bonchev–Trinajstić information content (AvgIpc) is 2.47. The highest BCUT2D eigenvalue weighted by Crippen LogP contribution is 2.31. The number of rotatable bonds is 3. The fourth-order valence-corrected chi connectivity index (χ4v) is 2.78. The van der Waals surface area contributed by atoms with Crippen LogP contribution in [0, 0.1) is 0 Å². The van der Waals surface area contributed by atoms with Crippen molar-refractivity contribution < 1.29 is 9.47 Å². The molecule has 0 fully saturated rings. The van der Waals surface area contributed by atoms with Crippen LogP contribution >= 0.6 is 0 Å². The highest BCUT2D eigenvalue weighted by Gasteiger charge is 2.32. The van der Waals surface area contributed by atoms with Crippen molar-refractivity contribution in [2.45, 2.75) is 18.4 Å². The van der Waals surface area contributed by atoms with Crippen LogP contribution in [-0.2, 0) is 12.8 Å².